The first-order valence-corrected chi connectivity index (χ1v) is 7.89. The number of fused-ring (bicyclic) bond motifs is 1. The smallest absolute Gasteiger partial charge is 0.252 e. The fourth-order valence-corrected chi connectivity index (χ4v) is 3.40. The van der Waals surface area contributed by atoms with Gasteiger partial charge in [-0.15, -0.1) is 0 Å². The minimum absolute atomic E-state index is 0.232. The van der Waals surface area contributed by atoms with Crippen LogP contribution in [-0.4, -0.2) is 30.0 Å². The lowest BCUT2D eigenvalue weighted by atomic mass is 9.92. The van der Waals surface area contributed by atoms with Crippen LogP contribution in [0, 0.1) is 5.92 Å². The third-order valence-corrected chi connectivity index (χ3v) is 4.82. The maximum absolute atomic E-state index is 11.8. The van der Waals surface area contributed by atoms with Crippen LogP contribution < -0.4 is 16.4 Å². The highest BCUT2D eigenvalue weighted by atomic mass is 16.1. The van der Waals surface area contributed by atoms with E-state index in [1.165, 1.54) is 18.4 Å². The molecule has 1 aliphatic carbocycles. The first-order valence-electron chi connectivity index (χ1n) is 7.89. The van der Waals surface area contributed by atoms with Gasteiger partial charge in [0.25, 0.3) is 5.91 Å². The summed E-state index contributed by atoms with van der Waals surface area (Å²) in [5, 5.41) is 0. The predicted octanol–water partition coefficient (Wildman–Crippen LogP) is 1.23. The molecule has 1 fully saturated rings. The third kappa shape index (κ3) is 2.75. The lowest BCUT2D eigenvalue weighted by Gasteiger charge is -2.37. The van der Waals surface area contributed by atoms with Crippen LogP contribution in [0.25, 0.3) is 0 Å². The van der Waals surface area contributed by atoms with Gasteiger partial charge in [-0.1, -0.05) is 6.92 Å². The van der Waals surface area contributed by atoms with Gasteiger partial charge in [0.1, 0.15) is 5.82 Å². The molecule has 0 bridgehead atoms. The summed E-state index contributed by atoms with van der Waals surface area (Å²) in [4.78, 5) is 18.8. The van der Waals surface area contributed by atoms with Crippen LogP contribution in [0.3, 0.4) is 0 Å². The molecule has 21 heavy (non-hydrogen) atoms. The zero-order valence-corrected chi connectivity index (χ0v) is 12.6. The van der Waals surface area contributed by atoms with Crippen molar-refractivity contribution in [3.63, 3.8) is 0 Å². The summed E-state index contributed by atoms with van der Waals surface area (Å²) in [5.41, 5.74) is 14.6. The number of nitrogens with zero attached hydrogens (tertiary/aromatic N) is 2. The molecule has 2 atom stereocenters. The number of primary amides is 1. The van der Waals surface area contributed by atoms with Gasteiger partial charge >= 0.3 is 0 Å². The van der Waals surface area contributed by atoms with Crippen LogP contribution in [-0.2, 0) is 12.8 Å². The van der Waals surface area contributed by atoms with Gasteiger partial charge in [-0.25, -0.2) is 4.98 Å². The molecule has 0 spiro atoms. The molecule has 1 aliphatic heterocycles. The minimum Gasteiger partial charge on any atom is -0.365 e. The molecule has 3 rings (SSSR count). The molecule has 1 amide bonds. The molecule has 1 aromatic heterocycles. The van der Waals surface area contributed by atoms with Gasteiger partial charge in [-0.3, -0.25) is 4.79 Å². The number of pyridine rings is 1. The van der Waals surface area contributed by atoms with E-state index in [0.29, 0.717) is 11.5 Å². The Balaban J connectivity index is 1.98. The number of anilines is 1. The number of hydrogen-bond acceptors (Lipinski definition) is 4. The van der Waals surface area contributed by atoms with Crippen LogP contribution in [0.2, 0.25) is 0 Å². The van der Waals surface area contributed by atoms with Crippen molar-refractivity contribution in [2.75, 3.05) is 18.0 Å². The van der Waals surface area contributed by atoms with E-state index in [2.05, 4.69) is 11.8 Å². The highest BCUT2D eigenvalue weighted by Gasteiger charge is 2.27. The molecule has 0 radical (unpaired) electrons. The second-order valence-corrected chi connectivity index (χ2v) is 6.41. The summed E-state index contributed by atoms with van der Waals surface area (Å²) >= 11 is 0. The quantitative estimate of drug-likeness (QED) is 0.857. The standard InChI is InChI=1S/C16H24N4O/c1-10-9-20(7-6-13(10)17)16-12(15(18)21)8-11-4-2-3-5-14(11)19-16/h8,10,13H,2-7,9,17H2,1H3,(H2,18,21). The number of carbonyl (C=O) groups excluding carboxylic acids is 1. The van der Waals surface area contributed by atoms with Gasteiger partial charge in [-0.2, -0.15) is 0 Å². The first-order chi connectivity index (χ1) is 10.1. The molecule has 4 N–H and O–H groups in total. The number of carbonyl (C=O) groups is 1. The van der Waals surface area contributed by atoms with E-state index in [1.807, 2.05) is 6.07 Å². The number of nitrogens with two attached hydrogens (primary N) is 2. The Morgan fingerprint density at radius 1 is 1.38 bits per heavy atom. The summed E-state index contributed by atoms with van der Waals surface area (Å²) in [5.74, 6) is 0.785. The van der Waals surface area contributed by atoms with Crippen LogP contribution in [0.5, 0.6) is 0 Å². The van der Waals surface area contributed by atoms with E-state index in [9.17, 15) is 4.79 Å². The Bertz CT molecular complexity index is 557. The van der Waals surface area contributed by atoms with Gasteiger partial charge in [0, 0.05) is 24.8 Å². The van der Waals surface area contributed by atoms with E-state index >= 15 is 0 Å². The summed E-state index contributed by atoms with van der Waals surface area (Å²) < 4.78 is 0. The maximum atomic E-state index is 11.8. The van der Waals surface area contributed by atoms with Crippen LogP contribution in [0.1, 0.15) is 47.8 Å². The van der Waals surface area contributed by atoms with Crippen molar-refractivity contribution in [1.29, 1.82) is 0 Å². The summed E-state index contributed by atoms with van der Waals surface area (Å²) in [6, 6.07) is 2.20. The second-order valence-electron chi connectivity index (χ2n) is 6.41. The molecule has 0 aromatic carbocycles. The van der Waals surface area contributed by atoms with Crippen molar-refractivity contribution in [1.82, 2.24) is 4.98 Å². The summed E-state index contributed by atoms with van der Waals surface area (Å²) in [6.07, 6.45) is 5.28. The van der Waals surface area contributed by atoms with Gasteiger partial charge in [0.2, 0.25) is 0 Å². The number of aromatic nitrogens is 1. The monoisotopic (exact) mass is 288 g/mol. The SMILES string of the molecule is CC1CN(c2nc3c(cc2C(N)=O)CCCC3)CCC1N. The number of piperidine rings is 1. The fraction of sp³-hybridized carbons (Fsp3) is 0.625. The van der Waals surface area contributed by atoms with Gasteiger partial charge in [0.15, 0.2) is 0 Å². The molecule has 5 heteroatoms. The number of rotatable bonds is 2. The number of amides is 1. The van der Waals surface area contributed by atoms with E-state index in [1.54, 1.807) is 0 Å². The number of hydrogen-bond donors (Lipinski definition) is 2. The molecule has 2 unspecified atom stereocenters. The molecular weight excluding hydrogens is 264 g/mol. The van der Waals surface area contributed by atoms with Gasteiger partial charge in [-0.05, 0) is 49.7 Å². The largest absolute Gasteiger partial charge is 0.365 e. The fourth-order valence-electron chi connectivity index (χ4n) is 3.40. The summed E-state index contributed by atoms with van der Waals surface area (Å²) in [7, 11) is 0. The molecule has 2 heterocycles. The molecular formula is C16H24N4O. The maximum Gasteiger partial charge on any atom is 0.252 e. The first kappa shape index (κ1) is 14.3. The summed E-state index contributed by atoms with van der Waals surface area (Å²) in [6.45, 7) is 3.84. The molecule has 114 valence electrons. The lowest BCUT2D eigenvalue weighted by molar-refractivity contribution is 0.1000. The Morgan fingerprint density at radius 2 is 2.14 bits per heavy atom. The Hall–Kier alpha value is -1.62. The average molecular weight is 288 g/mol. The Morgan fingerprint density at radius 3 is 2.86 bits per heavy atom. The van der Waals surface area contributed by atoms with E-state index < -0.39 is 0 Å². The molecule has 0 saturated carbocycles. The van der Waals surface area contributed by atoms with Crippen molar-refractivity contribution in [2.24, 2.45) is 17.4 Å². The van der Waals surface area contributed by atoms with Crippen molar-refractivity contribution >= 4 is 11.7 Å². The highest BCUT2D eigenvalue weighted by Crippen LogP contribution is 2.29. The van der Waals surface area contributed by atoms with Crippen molar-refractivity contribution in [3.05, 3.63) is 22.9 Å². The highest BCUT2D eigenvalue weighted by molar-refractivity contribution is 5.98. The molecule has 5 nitrogen and oxygen atoms in total. The second kappa shape index (κ2) is 5.64. The Kier molecular flexibility index (Phi) is 3.85. The van der Waals surface area contributed by atoms with E-state index in [-0.39, 0.29) is 11.9 Å². The van der Waals surface area contributed by atoms with Crippen LogP contribution in [0.15, 0.2) is 6.07 Å². The van der Waals surface area contributed by atoms with Crippen molar-refractivity contribution in [3.8, 4) is 0 Å². The zero-order valence-electron chi connectivity index (χ0n) is 12.6. The zero-order chi connectivity index (χ0) is 15.0. The Labute approximate surface area is 125 Å². The minimum atomic E-state index is -0.381. The molecule has 2 aliphatic rings. The lowest BCUT2D eigenvalue weighted by Crippen LogP contribution is -2.47. The van der Waals surface area contributed by atoms with Crippen LogP contribution >= 0.6 is 0 Å². The predicted molar refractivity (Wildman–Crippen MR) is 83.4 cm³/mol. The van der Waals surface area contributed by atoms with Crippen molar-refractivity contribution in [2.45, 2.75) is 45.1 Å². The van der Waals surface area contributed by atoms with Crippen LogP contribution in [0.4, 0.5) is 5.82 Å². The van der Waals surface area contributed by atoms with Gasteiger partial charge < -0.3 is 16.4 Å². The molecule has 1 saturated heterocycles. The van der Waals surface area contributed by atoms with Crippen molar-refractivity contribution < 1.29 is 4.79 Å². The third-order valence-electron chi connectivity index (χ3n) is 4.82. The average Bonchev–Trinajstić information content (AvgIpc) is 2.48. The number of aryl methyl sites for hydroxylation is 2. The van der Waals surface area contributed by atoms with Gasteiger partial charge in [0.05, 0.1) is 5.56 Å². The van der Waals surface area contributed by atoms with E-state index in [0.717, 1.165) is 43.9 Å². The normalized spacial score (nSPS) is 25.5. The topological polar surface area (TPSA) is 85.2 Å². The van der Waals surface area contributed by atoms with E-state index in [4.69, 9.17) is 16.5 Å². The molecule has 1 aromatic rings.